The van der Waals surface area contributed by atoms with Crippen LogP contribution in [0.4, 0.5) is 5.88 Å². The van der Waals surface area contributed by atoms with Crippen LogP contribution in [-0.4, -0.2) is 33.0 Å². The van der Waals surface area contributed by atoms with Crippen molar-refractivity contribution in [1.29, 1.82) is 0 Å². The van der Waals surface area contributed by atoms with Gasteiger partial charge in [-0.1, -0.05) is 0 Å². The summed E-state index contributed by atoms with van der Waals surface area (Å²) in [4.78, 5) is 29.0. The lowest BCUT2D eigenvalue weighted by Gasteiger charge is -2.20. The molecule has 0 radical (unpaired) electrons. The van der Waals surface area contributed by atoms with Crippen LogP contribution in [0.3, 0.4) is 0 Å². The fourth-order valence-corrected chi connectivity index (χ4v) is 3.11. The molecule has 0 bridgehead atoms. The van der Waals surface area contributed by atoms with Crippen molar-refractivity contribution < 1.29 is 14.1 Å². The Morgan fingerprint density at radius 2 is 2.05 bits per heavy atom. The van der Waals surface area contributed by atoms with Crippen LogP contribution >= 0.6 is 11.8 Å². The molecule has 22 heavy (non-hydrogen) atoms. The van der Waals surface area contributed by atoms with Crippen molar-refractivity contribution in [2.75, 3.05) is 0 Å². The van der Waals surface area contributed by atoms with Crippen LogP contribution in [0, 0.1) is 10.1 Å². The van der Waals surface area contributed by atoms with Gasteiger partial charge in [-0.2, -0.15) is 0 Å². The SMILES string of the molecule is CC(C)N=C1S/C(=C/c2ccc([N+](=O)[O-])o2)C(=O)N1C(C)C. The quantitative estimate of drug-likeness (QED) is 0.482. The summed E-state index contributed by atoms with van der Waals surface area (Å²) in [6.07, 6.45) is 1.51. The molecule has 1 aliphatic rings. The number of rotatable bonds is 4. The predicted molar refractivity (Wildman–Crippen MR) is 85.5 cm³/mol. The zero-order valence-electron chi connectivity index (χ0n) is 12.8. The van der Waals surface area contributed by atoms with Gasteiger partial charge in [-0.25, -0.2) is 0 Å². The Balaban J connectivity index is 2.33. The first-order valence-electron chi connectivity index (χ1n) is 6.84. The first kappa shape index (κ1) is 16.3. The van der Waals surface area contributed by atoms with E-state index in [4.69, 9.17) is 4.42 Å². The van der Waals surface area contributed by atoms with Gasteiger partial charge in [-0.3, -0.25) is 24.8 Å². The molecular weight excluding hydrogens is 306 g/mol. The van der Waals surface area contributed by atoms with Gasteiger partial charge in [0.1, 0.15) is 10.7 Å². The van der Waals surface area contributed by atoms with Gasteiger partial charge in [0, 0.05) is 18.2 Å². The summed E-state index contributed by atoms with van der Waals surface area (Å²) in [6, 6.07) is 2.78. The topological polar surface area (TPSA) is 89.0 Å². The highest BCUT2D eigenvalue weighted by molar-refractivity contribution is 8.18. The third kappa shape index (κ3) is 3.38. The number of nitro groups is 1. The number of aliphatic imine (C=N–C) groups is 1. The molecular formula is C14H17N3O4S. The second kappa shape index (κ2) is 6.35. The average molecular weight is 323 g/mol. The van der Waals surface area contributed by atoms with Crippen LogP contribution in [0.15, 0.2) is 26.4 Å². The highest BCUT2D eigenvalue weighted by Crippen LogP contribution is 2.34. The molecule has 1 aromatic heterocycles. The Hall–Kier alpha value is -2.09. The van der Waals surface area contributed by atoms with Crippen LogP contribution in [0.25, 0.3) is 6.08 Å². The maximum absolute atomic E-state index is 12.5. The molecule has 1 amide bonds. The van der Waals surface area contributed by atoms with Crippen LogP contribution in [0.1, 0.15) is 33.5 Å². The molecule has 1 aliphatic heterocycles. The summed E-state index contributed by atoms with van der Waals surface area (Å²) in [7, 11) is 0. The Bertz CT molecular complexity index is 661. The van der Waals surface area contributed by atoms with Crippen LogP contribution < -0.4 is 0 Å². The zero-order valence-corrected chi connectivity index (χ0v) is 13.6. The van der Waals surface area contributed by atoms with Crippen molar-refractivity contribution in [2.24, 2.45) is 4.99 Å². The van der Waals surface area contributed by atoms with E-state index in [1.165, 1.54) is 30.0 Å². The number of hydrogen-bond acceptors (Lipinski definition) is 6. The Kier molecular flexibility index (Phi) is 4.70. The number of amides is 1. The lowest BCUT2D eigenvalue weighted by molar-refractivity contribution is -0.402. The standard InChI is InChI=1S/C14H17N3O4S/c1-8(2)15-14-16(9(3)4)13(18)11(22-14)7-10-5-6-12(21-10)17(19)20/h5-9H,1-4H3/b11-7+,15-14?. The van der Waals surface area contributed by atoms with E-state index >= 15 is 0 Å². The molecule has 1 saturated heterocycles. The highest BCUT2D eigenvalue weighted by Gasteiger charge is 2.35. The number of thioether (sulfide) groups is 1. The molecule has 2 heterocycles. The van der Waals surface area contributed by atoms with E-state index in [9.17, 15) is 14.9 Å². The molecule has 7 nitrogen and oxygen atoms in total. The molecule has 2 rings (SSSR count). The normalized spacial score (nSPS) is 19.2. The zero-order chi connectivity index (χ0) is 16.4. The number of hydrogen-bond donors (Lipinski definition) is 0. The summed E-state index contributed by atoms with van der Waals surface area (Å²) in [5.41, 5.74) is 0. The first-order chi connectivity index (χ1) is 10.3. The Morgan fingerprint density at radius 1 is 1.36 bits per heavy atom. The molecule has 0 aliphatic carbocycles. The molecule has 8 heteroatoms. The first-order valence-corrected chi connectivity index (χ1v) is 7.66. The summed E-state index contributed by atoms with van der Waals surface area (Å²) < 4.78 is 5.07. The van der Waals surface area contributed by atoms with Gasteiger partial charge in [-0.15, -0.1) is 0 Å². The van der Waals surface area contributed by atoms with Crippen molar-refractivity contribution in [3.05, 3.63) is 32.9 Å². The minimum absolute atomic E-state index is 0.0191. The molecule has 1 aromatic rings. The minimum atomic E-state index is -0.613. The third-order valence-electron chi connectivity index (χ3n) is 2.79. The number of amidine groups is 1. The fourth-order valence-electron chi connectivity index (χ4n) is 1.90. The number of carbonyl (C=O) groups excluding carboxylic acids is 1. The van der Waals surface area contributed by atoms with Gasteiger partial charge in [0.2, 0.25) is 0 Å². The van der Waals surface area contributed by atoms with Gasteiger partial charge < -0.3 is 4.42 Å². The van der Waals surface area contributed by atoms with Gasteiger partial charge in [0.25, 0.3) is 5.91 Å². The van der Waals surface area contributed by atoms with Gasteiger partial charge >= 0.3 is 5.88 Å². The second-order valence-electron chi connectivity index (χ2n) is 5.32. The molecule has 0 saturated carbocycles. The minimum Gasteiger partial charge on any atom is -0.401 e. The number of furan rings is 1. The Labute approximate surface area is 132 Å². The van der Waals surface area contributed by atoms with Gasteiger partial charge in [-0.05, 0) is 45.5 Å². The van der Waals surface area contributed by atoms with E-state index in [1.54, 1.807) is 4.90 Å². The third-order valence-corrected chi connectivity index (χ3v) is 3.78. The van der Waals surface area contributed by atoms with Crippen LogP contribution in [-0.2, 0) is 4.79 Å². The predicted octanol–water partition coefficient (Wildman–Crippen LogP) is 3.28. The van der Waals surface area contributed by atoms with Crippen molar-refractivity contribution in [1.82, 2.24) is 4.90 Å². The van der Waals surface area contributed by atoms with E-state index < -0.39 is 4.92 Å². The van der Waals surface area contributed by atoms with Crippen LogP contribution in [0.2, 0.25) is 0 Å². The molecule has 118 valence electrons. The molecule has 0 aromatic carbocycles. The largest absolute Gasteiger partial charge is 0.433 e. The van der Waals surface area contributed by atoms with E-state index in [-0.39, 0.29) is 29.6 Å². The Morgan fingerprint density at radius 3 is 2.55 bits per heavy atom. The van der Waals surface area contributed by atoms with Crippen molar-refractivity contribution >= 4 is 34.8 Å². The monoisotopic (exact) mass is 323 g/mol. The van der Waals surface area contributed by atoms with Crippen molar-refractivity contribution in [2.45, 2.75) is 39.8 Å². The van der Waals surface area contributed by atoms with Crippen LogP contribution in [0.5, 0.6) is 0 Å². The maximum Gasteiger partial charge on any atom is 0.433 e. The van der Waals surface area contributed by atoms with Gasteiger partial charge in [0.05, 0.1) is 11.0 Å². The lowest BCUT2D eigenvalue weighted by Crippen LogP contribution is -2.35. The summed E-state index contributed by atoms with van der Waals surface area (Å²) >= 11 is 1.25. The highest BCUT2D eigenvalue weighted by atomic mass is 32.2. The lowest BCUT2D eigenvalue weighted by atomic mass is 10.3. The summed E-state index contributed by atoms with van der Waals surface area (Å²) in [5, 5.41) is 11.3. The van der Waals surface area contributed by atoms with E-state index in [2.05, 4.69) is 4.99 Å². The average Bonchev–Trinajstić information content (AvgIpc) is 2.95. The molecule has 0 atom stereocenters. The summed E-state index contributed by atoms with van der Waals surface area (Å²) in [6.45, 7) is 7.70. The van der Waals surface area contributed by atoms with E-state index in [0.29, 0.717) is 10.1 Å². The number of nitrogens with zero attached hydrogens (tertiary/aromatic N) is 3. The molecule has 0 spiro atoms. The molecule has 1 fully saturated rings. The maximum atomic E-state index is 12.5. The number of carbonyl (C=O) groups is 1. The fraction of sp³-hybridized carbons (Fsp3) is 0.429. The van der Waals surface area contributed by atoms with Crippen molar-refractivity contribution in [3.63, 3.8) is 0 Å². The van der Waals surface area contributed by atoms with E-state index in [1.807, 2.05) is 27.7 Å². The smallest absolute Gasteiger partial charge is 0.401 e. The van der Waals surface area contributed by atoms with E-state index in [0.717, 1.165) is 0 Å². The molecule has 0 unspecified atom stereocenters. The second-order valence-corrected chi connectivity index (χ2v) is 6.33. The summed E-state index contributed by atoms with van der Waals surface area (Å²) in [5.74, 6) is -0.241. The van der Waals surface area contributed by atoms with Crippen molar-refractivity contribution in [3.8, 4) is 0 Å². The molecule has 0 N–H and O–H groups in total. The van der Waals surface area contributed by atoms with Gasteiger partial charge in [0.15, 0.2) is 5.17 Å².